The van der Waals surface area contributed by atoms with E-state index in [1.807, 2.05) is 0 Å². The summed E-state index contributed by atoms with van der Waals surface area (Å²) in [6.45, 7) is 6.10. The molecule has 0 spiro atoms. The van der Waals surface area contributed by atoms with Gasteiger partial charge in [-0.05, 0) is 32.0 Å². The number of hydrogen-bond donors (Lipinski definition) is 1. The van der Waals surface area contributed by atoms with E-state index >= 15 is 0 Å². The molecule has 2 heterocycles. The molecule has 4 atom stereocenters. The average molecular weight is 273 g/mol. The lowest BCUT2D eigenvalue weighted by Crippen LogP contribution is -2.47. The van der Waals surface area contributed by atoms with Gasteiger partial charge in [0.1, 0.15) is 0 Å². The molecule has 2 fully saturated rings. The average Bonchev–Trinajstić information content (AvgIpc) is 2.99. The molecular weight excluding hydrogens is 246 g/mol. The smallest absolute Gasteiger partial charge is 0.0355 e. The number of rotatable bonds is 5. The minimum atomic E-state index is 0.452. The maximum atomic E-state index is 3.51. The summed E-state index contributed by atoms with van der Waals surface area (Å²) in [5.74, 6) is 0.632. The predicted molar refractivity (Wildman–Crippen MR) is 83.8 cm³/mol. The van der Waals surface area contributed by atoms with Gasteiger partial charge in [-0.15, -0.1) is 0 Å². The van der Waals surface area contributed by atoms with Crippen molar-refractivity contribution in [2.45, 2.75) is 31.5 Å². The van der Waals surface area contributed by atoms with Crippen molar-refractivity contribution in [1.29, 1.82) is 0 Å². The molecule has 20 heavy (non-hydrogen) atoms. The minimum Gasteiger partial charge on any atom is -0.313 e. The third-order valence-electron chi connectivity index (χ3n) is 5.19. The van der Waals surface area contributed by atoms with E-state index in [0.29, 0.717) is 12.0 Å². The number of nitrogens with one attached hydrogen (secondary N) is 1. The lowest BCUT2D eigenvalue weighted by atomic mass is 9.94. The third kappa shape index (κ3) is 2.62. The lowest BCUT2D eigenvalue weighted by Gasteiger charge is -2.35. The summed E-state index contributed by atoms with van der Waals surface area (Å²) < 4.78 is 0. The summed E-state index contributed by atoms with van der Waals surface area (Å²) in [5, 5.41) is 3.51. The molecule has 3 rings (SSSR count). The van der Waals surface area contributed by atoms with Crippen molar-refractivity contribution in [3.8, 4) is 0 Å². The van der Waals surface area contributed by atoms with Gasteiger partial charge in [-0.3, -0.25) is 4.90 Å². The first-order valence-corrected chi connectivity index (χ1v) is 7.85. The molecular formula is C17H27N3. The van der Waals surface area contributed by atoms with Gasteiger partial charge in [0.25, 0.3) is 0 Å². The number of nitrogens with zero attached hydrogens (tertiary/aromatic N) is 2. The van der Waals surface area contributed by atoms with Crippen LogP contribution in [0.15, 0.2) is 30.3 Å². The Kier molecular flexibility index (Phi) is 4.11. The minimum absolute atomic E-state index is 0.452. The van der Waals surface area contributed by atoms with Gasteiger partial charge in [-0.25, -0.2) is 0 Å². The maximum Gasteiger partial charge on any atom is 0.0355 e. The van der Waals surface area contributed by atoms with E-state index in [4.69, 9.17) is 0 Å². The zero-order valence-corrected chi connectivity index (χ0v) is 12.9. The SMILES string of the molecule is CN[C@@H](c1ccccc1)[C@@H](C)CN1CC2CC1CN2C. The van der Waals surface area contributed by atoms with E-state index in [9.17, 15) is 0 Å². The summed E-state index contributed by atoms with van der Waals surface area (Å²) in [6.07, 6.45) is 1.37. The quantitative estimate of drug-likeness (QED) is 0.885. The van der Waals surface area contributed by atoms with Crippen molar-refractivity contribution in [3.05, 3.63) is 35.9 Å². The standard InChI is InChI=1S/C17H27N3/c1-13(17(18-2)14-7-5-4-6-8-14)10-20-12-15-9-16(20)11-19(15)3/h4-8,13,15-18H,9-12H2,1-3H3/t13-,15?,16?,17+/m0/s1. The van der Waals surface area contributed by atoms with Gasteiger partial charge in [0.15, 0.2) is 0 Å². The van der Waals surface area contributed by atoms with Crippen LogP contribution in [0.2, 0.25) is 0 Å². The Morgan fingerprint density at radius 1 is 1.20 bits per heavy atom. The van der Waals surface area contributed by atoms with Gasteiger partial charge in [-0.1, -0.05) is 37.3 Å². The molecule has 1 N–H and O–H groups in total. The van der Waals surface area contributed by atoms with Gasteiger partial charge >= 0.3 is 0 Å². The fraction of sp³-hybridized carbons (Fsp3) is 0.647. The molecule has 0 amide bonds. The predicted octanol–water partition coefficient (Wildman–Crippen LogP) is 1.97. The van der Waals surface area contributed by atoms with E-state index in [1.54, 1.807) is 0 Å². The van der Waals surface area contributed by atoms with E-state index in [1.165, 1.54) is 31.6 Å². The first-order chi connectivity index (χ1) is 9.69. The Morgan fingerprint density at radius 2 is 1.95 bits per heavy atom. The monoisotopic (exact) mass is 273 g/mol. The maximum absolute atomic E-state index is 3.51. The first kappa shape index (κ1) is 14.1. The summed E-state index contributed by atoms with van der Waals surface area (Å²) >= 11 is 0. The molecule has 0 aliphatic carbocycles. The van der Waals surface area contributed by atoms with Crippen molar-refractivity contribution in [2.75, 3.05) is 33.7 Å². The molecule has 2 aliphatic rings. The second-order valence-corrected chi connectivity index (χ2v) is 6.59. The van der Waals surface area contributed by atoms with Gasteiger partial charge < -0.3 is 10.2 Å². The number of likely N-dealkylation sites (N-methyl/N-ethyl adjacent to an activating group) is 1. The second-order valence-electron chi connectivity index (χ2n) is 6.59. The van der Waals surface area contributed by atoms with E-state index in [0.717, 1.165) is 12.1 Å². The molecule has 0 aromatic heterocycles. The number of fused-ring (bicyclic) bond motifs is 2. The van der Waals surface area contributed by atoms with Gasteiger partial charge in [0, 0.05) is 37.8 Å². The highest BCUT2D eigenvalue weighted by atomic mass is 15.3. The molecule has 0 saturated carbocycles. The zero-order chi connectivity index (χ0) is 14.1. The number of benzene rings is 1. The fourth-order valence-electron chi connectivity index (χ4n) is 4.09. The van der Waals surface area contributed by atoms with Crippen LogP contribution in [-0.2, 0) is 0 Å². The summed E-state index contributed by atoms with van der Waals surface area (Å²) in [6, 6.07) is 12.9. The summed E-state index contributed by atoms with van der Waals surface area (Å²) in [5.41, 5.74) is 1.41. The van der Waals surface area contributed by atoms with E-state index in [-0.39, 0.29) is 0 Å². The highest BCUT2D eigenvalue weighted by Crippen LogP contribution is 2.31. The molecule has 3 heteroatoms. The van der Waals surface area contributed by atoms with Crippen LogP contribution in [0.3, 0.4) is 0 Å². The van der Waals surface area contributed by atoms with E-state index in [2.05, 4.69) is 66.5 Å². The highest BCUT2D eigenvalue weighted by Gasteiger charge is 2.41. The number of likely N-dealkylation sites (tertiary alicyclic amines) is 2. The van der Waals surface area contributed by atoms with Crippen molar-refractivity contribution in [1.82, 2.24) is 15.1 Å². The summed E-state index contributed by atoms with van der Waals surface area (Å²) in [7, 11) is 4.35. The largest absolute Gasteiger partial charge is 0.313 e. The van der Waals surface area contributed by atoms with Gasteiger partial charge in [0.05, 0.1) is 0 Å². The van der Waals surface area contributed by atoms with Crippen LogP contribution in [0.4, 0.5) is 0 Å². The second kappa shape index (κ2) is 5.84. The molecule has 2 aliphatic heterocycles. The fourth-order valence-corrected chi connectivity index (χ4v) is 4.09. The van der Waals surface area contributed by atoms with Crippen molar-refractivity contribution in [3.63, 3.8) is 0 Å². The van der Waals surface area contributed by atoms with Crippen LogP contribution < -0.4 is 5.32 Å². The normalized spacial score (nSPS) is 29.8. The van der Waals surface area contributed by atoms with Crippen molar-refractivity contribution >= 4 is 0 Å². The molecule has 110 valence electrons. The van der Waals surface area contributed by atoms with Gasteiger partial charge in [-0.2, -0.15) is 0 Å². The molecule has 0 radical (unpaired) electrons. The first-order valence-electron chi connectivity index (χ1n) is 7.85. The molecule has 2 unspecified atom stereocenters. The highest BCUT2D eigenvalue weighted by molar-refractivity contribution is 5.19. The topological polar surface area (TPSA) is 18.5 Å². The number of piperazine rings is 1. The molecule has 3 nitrogen and oxygen atoms in total. The zero-order valence-electron chi connectivity index (χ0n) is 12.9. The number of hydrogen-bond acceptors (Lipinski definition) is 3. The summed E-state index contributed by atoms with van der Waals surface area (Å²) in [4.78, 5) is 5.24. The molecule has 1 aromatic carbocycles. The van der Waals surface area contributed by atoms with E-state index < -0.39 is 0 Å². The van der Waals surface area contributed by atoms with Crippen LogP contribution in [0.5, 0.6) is 0 Å². The Morgan fingerprint density at radius 3 is 2.50 bits per heavy atom. The van der Waals surface area contributed by atoms with Crippen LogP contribution in [0.1, 0.15) is 24.9 Å². The molecule has 2 saturated heterocycles. The Bertz CT molecular complexity index is 431. The van der Waals surface area contributed by atoms with Crippen molar-refractivity contribution < 1.29 is 0 Å². The van der Waals surface area contributed by atoms with Gasteiger partial charge in [0.2, 0.25) is 0 Å². The lowest BCUT2D eigenvalue weighted by molar-refractivity contribution is 0.126. The molecule has 2 bridgehead atoms. The Balaban J connectivity index is 1.63. The van der Waals surface area contributed by atoms with Crippen LogP contribution in [0.25, 0.3) is 0 Å². The third-order valence-corrected chi connectivity index (χ3v) is 5.19. The van der Waals surface area contributed by atoms with Crippen LogP contribution in [0, 0.1) is 5.92 Å². The Labute approximate surface area is 123 Å². The molecule has 1 aromatic rings. The van der Waals surface area contributed by atoms with Crippen LogP contribution in [-0.4, -0.2) is 55.6 Å². The van der Waals surface area contributed by atoms with Crippen molar-refractivity contribution in [2.24, 2.45) is 5.92 Å². The Hall–Kier alpha value is -0.900. The van der Waals surface area contributed by atoms with Crippen LogP contribution >= 0.6 is 0 Å².